The van der Waals surface area contributed by atoms with Crippen LogP contribution in [0.15, 0.2) is 24.3 Å². The molecule has 1 heterocycles. The first-order valence-corrected chi connectivity index (χ1v) is 5.76. The number of benzene rings is 1. The van der Waals surface area contributed by atoms with E-state index in [2.05, 4.69) is 11.9 Å². The fourth-order valence-corrected chi connectivity index (χ4v) is 1.57. The Balaban J connectivity index is 0.000000171. The van der Waals surface area contributed by atoms with Crippen LogP contribution in [0.5, 0.6) is 0 Å². The summed E-state index contributed by atoms with van der Waals surface area (Å²) < 4.78 is 12.1. The molecule has 0 bridgehead atoms. The van der Waals surface area contributed by atoms with Crippen LogP contribution in [0.3, 0.4) is 0 Å². The monoisotopic (exact) mass is 238 g/mol. The van der Waals surface area contributed by atoms with Gasteiger partial charge >= 0.3 is 0 Å². The summed E-state index contributed by atoms with van der Waals surface area (Å²) in [5, 5.41) is 0. The number of piperidine rings is 1. The number of likely N-dealkylation sites (tertiary alicyclic amines) is 1. The molecule has 94 valence electrons. The summed E-state index contributed by atoms with van der Waals surface area (Å²) >= 11 is 0. The summed E-state index contributed by atoms with van der Waals surface area (Å²) in [6.07, 6.45) is 3.03. The van der Waals surface area contributed by atoms with E-state index in [1.54, 1.807) is 0 Å². The lowest BCUT2D eigenvalue weighted by Crippen LogP contribution is -2.37. The molecule has 0 aromatic heterocycles. The number of hydrogen-bond acceptors (Lipinski definition) is 3. The lowest BCUT2D eigenvalue weighted by molar-refractivity contribution is 0.112. The van der Waals surface area contributed by atoms with Gasteiger partial charge in [-0.2, -0.15) is 0 Å². The SMILES string of the molecule is CN1CCC(N)CC1.O=Cc1ccc(F)cc1. The molecule has 0 atom stereocenters. The van der Waals surface area contributed by atoms with E-state index in [1.807, 2.05) is 0 Å². The van der Waals surface area contributed by atoms with Gasteiger partial charge in [0.2, 0.25) is 0 Å². The number of halogens is 1. The summed E-state index contributed by atoms with van der Waals surface area (Å²) in [6.45, 7) is 2.36. The Morgan fingerprint density at radius 3 is 2.24 bits per heavy atom. The number of carbonyl (C=O) groups is 1. The normalized spacial score (nSPS) is 17.1. The summed E-state index contributed by atoms with van der Waals surface area (Å²) in [5.74, 6) is -0.319. The van der Waals surface area contributed by atoms with Crippen LogP contribution < -0.4 is 5.73 Å². The lowest BCUT2D eigenvalue weighted by Gasteiger charge is -2.25. The average molecular weight is 238 g/mol. The maximum atomic E-state index is 12.1. The van der Waals surface area contributed by atoms with Gasteiger partial charge in [-0.15, -0.1) is 0 Å². The minimum absolute atomic E-state index is 0.319. The van der Waals surface area contributed by atoms with Crippen LogP contribution in [0.1, 0.15) is 23.2 Å². The first-order chi connectivity index (χ1) is 8.11. The molecule has 0 unspecified atom stereocenters. The van der Waals surface area contributed by atoms with E-state index < -0.39 is 0 Å². The summed E-state index contributed by atoms with van der Waals surface area (Å²) in [5.41, 5.74) is 6.17. The maximum absolute atomic E-state index is 12.1. The van der Waals surface area contributed by atoms with Crippen LogP contribution in [0.2, 0.25) is 0 Å². The number of aldehydes is 1. The minimum atomic E-state index is -0.319. The second-order valence-corrected chi connectivity index (χ2v) is 4.31. The van der Waals surface area contributed by atoms with E-state index in [0.29, 0.717) is 17.9 Å². The second kappa shape index (κ2) is 7.14. The van der Waals surface area contributed by atoms with E-state index in [9.17, 15) is 9.18 Å². The zero-order chi connectivity index (χ0) is 12.7. The van der Waals surface area contributed by atoms with Crippen LogP contribution in [0, 0.1) is 5.82 Å². The van der Waals surface area contributed by atoms with Crippen molar-refractivity contribution in [2.24, 2.45) is 5.73 Å². The van der Waals surface area contributed by atoms with Gasteiger partial charge in [0, 0.05) is 11.6 Å². The second-order valence-electron chi connectivity index (χ2n) is 4.31. The quantitative estimate of drug-likeness (QED) is 0.757. The van der Waals surface area contributed by atoms with E-state index >= 15 is 0 Å². The number of nitrogens with two attached hydrogens (primary N) is 1. The number of rotatable bonds is 1. The van der Waals surface area contributed by atoms with Crippen molar-refractivity contribution in [3.8, 4) is 0 Å². The predicted molar refractivity (Wildman–Crippen MR) is 66.5 cm³/mol. The molecule has 1 aliphatic heterocycles. The number of carbonyl (C=O) groups excluding carboxylic acids is 1. The highest BCUT2D eigenvalue weighted by molar-refractivity contribution is 5.74. The topological polar surface area (TPSA) is 46.3 Å². The molecule has 1 fully saturated rings. The molecule has 2 rings (SSSR count). The number of hydrogen-bond donors (Lipinski definition) is 1. The van der Waals surface area contributed by atoms with E-state index in [0.717, 1.165) is 0 Å². The van der Waals surface area contributed by atoms with Crippen molar-refractivity contribution in [2.75, 3.05) is 20.1 Å². The molecule has 1 aromatic carbocycles. The van der Waals surface area contributed by atoms with Gasteiger partial charge in [-0.05, 0) is 57.2 Å². The first-order valence-electron chi connectivity index (χ1n) is 5.76. The average Bonchev–Trinajstić information content (AvgIpc) is 2.35. The van der Waals surface area contributed by atoms with Gasteiger partial charge in [0.15, 0.2) is 0 Å². The van der Waals surface area contributed by atoms with Crippen molar-refractivity contribution in [3.63, 3.8) is 0 Å². The molecule has 0 spiro atoms. The molecule has 0 radical (unpaired) electrons. The lowest BCUT2D eigenvalue weighted by atomic mass is 10.1. The van der Waals surface area contributed by atoms with Crippen molar-refractivity contribution in [3.05, 3.63) is 35.6 Å². The zero-order valence-corrected chi connectivity index (χ0v) is 10.1. The van der Waals surface area contributed by atoms with E-state index in [1.165, 1.54) is 50.2 Å². The molecule has 0 aliphatic carbocycles. The van der Waals surface area contributed by atoms with Crippen LogP contribution in [-0.2, 0) is 0 Å². The van der Waals surface area contributed by atoms with E-state index in [4.69, 9.17) is 5.73 Å². The molecule has 17 heavy (non-hydrogen) atoms. The summed E-state index contributed by atoms with van der Waals surface area (Å²) in [7, 11) is 2.14. The molecular weight excluding hydrogens is 219 g/mol. The third-order valence-electron chi connectivity index (χ3n) is 2.77. The highest BCUT2D eigenvalue weighted by Gasteiger charge is 2.11. The Morgan fingerprint density at radius 2 is 1.82 bits per heavy atom. The molecule has 3 nitrogen and oxygen atoms in total. The highest BCUT2D eigenvalue weighted by atomic mass is 19.1. The molecule has 4 heteroatoms. The largest absolute Gasteiger partial charge is 0.328 e. The molecule has 0 amide bonds. The molecule has 1 aromatic rings. The van der Waals surface area contributed by atoms with Gasteiger partial charge < -0.3 is 10.6 Å². The Bertz CT molecular complexity index is 322. The molecule has 1 saturated heterocycles. The van der Waals surface area contributed by atoms with Gasteiger partial charge in [-0.25, -0.2) is 4.39 Å². The Morgan fingerprint density at radius 1 is 1.29 bits per heavy atom. The van der Waals surface area contributed by atoms with Crippen LogP contribution >= 0.6 is 0 Å². The van der Waals surface area contributed by atoms with Gasteiger partial charge in [0.05, 0.1) is 0 Å². The molecule has 1 aliphatic rings. The van der Waals surface area contributed by atoms with Crippen LogP contribution in [0.25, 0.3) is 0 Å². The standard InChI is InChI=1S/C7H5FO.C6H14N2/c8-7-3-1-6(5-9)2-4-7;1-8-4-2-6(7)3-5-8/h1-5H;6H,2-5,7H2,1H3. The third-order valence-corrected chi connectivity index (χ3v) is 2.77. The van der Waals surface area contributed by atoms with Crippen LogP contribution in [0.4, 0.5) is 4.39 Å². The molecule has 2 N–H and O–H groups in total. The minimum Gasteiger partial charge on any atom is -0.328 e. The van der Waals surface area contributed by atoms with Crippen molar-refractivity contribution in [1.82, 2.24) is 4.90 Å². The van der Waals surface area contributed by atoms with Gasteiger partial charge in [0.1, 0.15) is 12.1 Å². The zero-order valence-electron chi connectivity index (χ0n) is 10.1. The molecule has 0 saturated carbocycles. The Labute approximate surface area is 101 Å². The summed E-state index contributed by atoms with van der Waals surface area (Å²) in [6, 6.07) is 5.85. The Kier molecular flexibility index (Phi) is 5.80. The van der Waals surface area contributed by atoms with Gasteiger partial charge in [-0.1, -0.05) is 0 Å². The van der Waals surface area contributed by atoms with Crippen molar-refractivity contribution >= 4 is 6.29 Å². The van der Waals surface area contributed by atoms with Crippen LogP contribution in [-0.4, -0.2) is 37.4 Å². The first kappa shape index (κ1) is 13.8. The Hall–Kier alpha value is -1.26. The van der Waals surface area contributed by atoms with E-state index in [-0.39, 0.29) is 5.82 Å². The fraction of sp³-hybridized carbons (Fsp3) is 0.462. The van der Waals surface area contributed by atoms with Crippen molar-refractivity contribution in [1.29, 1.82) is 0 Å². The summed E-state index contributed by atoms with van der Waals surface area (Å²) in [4.78, 5) is 12.3. The maximum Gasteiger partial charge on any atom is 0.150 e. The fourth-order valence-electron chi connectivity index (χ4n) is 1.57. The van der Waals surface area contributed by atoms with Crippen molar-refractivity contribution in [2.45, 2.75) is 18.9 Å². The van der Waals surface area contributed by atoms with Gasteiger partial charge in [0.25, 0.3) is 0 Å². The molecular formula is C13H19FN2O. The smallest absolute Gasteiger partial charge is 0.150 e. The highest BCUT2D eigenvalue weighted by Crippen LogP contribution is 2.04. The van der Waals surface area contributed by atoms with Crippen molar-refractivity contribution < 1.29 is 9.18 Å². The van der Waals surface area contributed by atoms with Gasteiger partial charge in [-0.3, -0.25) is 4.79 Å². The third kappa shape index (κ3) is 5.56. The number of nitrogens with zero attached hydrogens (tertiary/aromatic N) is 1. The predicted octanol–water partition coefficient (Wildman–Crippen LogP) is 1.68.